The molecule has 0 N–H and O–H groups in total. The highest BCUT2D eigenvalue weighted by molar-refractivity contribution is 7.10. The summed E-state index contributed by atoms with van der Waals surface area (Å²) in [6.07, 6.45) is -3.55. The van der Waals surface area contributed by atoms with Gasteiger partial charge in [-0.1, -0.05) is 23.4 Å². The highest BCUT2D eigenvalue weighted by Crippen LogP contribution is 2.32. The summed E-state index contributed by atoms with van der Waals surface area (Å²) < 4.78 is 39.9. The van der Waals surface area contributed by atoms with E-state index in [2.05, 4.69) is 10.3 Å². The summed E-state index contributed by atoms with van der Waals surface area (Å²) in [4.78, 5) is 39.0. The van der Waals surface area contributed by atoms with Crippen LogP contribution in [0.5, 0.6) is 0 Å². The van der Waals surface area contributed by atoms with Gasteiger partial charge in [0.05, 0.1) is 10.7 Å². The van der Waals surface area contributed by atoms with Crippen LogP contribution in [-0.4, -0.2) is 63.4 Å². The van der Waals surface area contributed by atoms with Gasteiger partial charge in [0, 0.05) is 49.2 Å². The molecule has 0 spiro atoms. The lowest BCUT2D eigenvalue weighted by atomic mass is 9.97. The predicted octanol–water partition coefficient (Wildman–Crippen LogP) is 4.23. The van der Waals surface area contributed by atoms with E-state index in [0.717, 1.165) is 21.4 Å². The molecule has 0 bridgehead atoms. The van der Waals surface area contributed by atoms with Crippen LogP contribution in [0, 0.1) is 6.92 Å². The summed E-state index contributed by atoms with van der Waals surface area (Å²) in [7, 11) is 1.70. The number of rotatable bonds is 6. The number of alkyl halides is 3. The molecule has 3 aromatic rings. The molecule has 13 heteroatoms. The normalized spacial score (nSPS) is 18.1. The summed E-state index contributed by atoms with van der Waals surface area (Å²) in [6.45, 7) is 2.24. The van der Waals surface area contributed by atoms with Crippen LogP contribution in [0.2, 0.25) is 0 Å². The monoisotopic (exact) mass is 560 g/mol. The first-order valence-corrected chi connectivity index (χ1v) is 13.4. The molecule has 2 aliphatic rings. The van der Waals surface area contributed by atoms with Crippen molar-refractivity contribution in [2.45, 2.75) is 50.9 Å². The van der Waals surface area contributed by atoms with Gasteiger partial charge < -0.3 is 14.6 Å². The molecule has 1 saturated heterocycles. The van der Waals surface area contributed by atoms with Gasteiger partial charge in [-0.05, 0) is 38.0 Å². The molecule has 2 aromatic heterocycles. The third-order valence-corrected chi connectivity index (χ3v) is 8.00. The SMILES string of the molecule is Cc1cc(C(F)(F)F)nn1CC(=O)N1CCC(c2nc(C3=NOC(C(=O)N(C)c4ccccc4)C3)cs2)CC1. The number of hydrogen-bond donors (Lipinski definition) is 0. The lowest BCUT2D eigenvalue weighted by Crippen LogP contribution is -2.40. The van der Waals surface area contributed by atoms with E-state index in [0.29, 0.717) is 43.8 Å². The molecule has 0 saturated carbocycles. The van der Waals surface area contributed by atoms with Crippen molar-refractivity contribution in [2.24, 2.45) is 5.16 Å². The largest absolute Gasteiger partial charge is 0.435 e. The number of likely N-dealkylation sites (tertiary alicyclic amines) is 1. The van der Waals surface area contributed by atoms with E-state index in [1.54, 1.807) is 16.8 Å². The van der Waals surface area contributed by atoms with Crippen molar-refractivity contribution in [1.29, 1.82) is 0 Å². The van der Waals surface area contributed by atoms with Crippen molar-refractivity contribution in [3.8, 4) is 0 Å². The molecule has 0 radical (unpaired) electrons. The van der Waals surface area contributed by atoms with E-state index in [9.17, 15) is 22.8 Å². The topological polar surface area (TPSA) is 92.9 Å². The average molecular weight is 561 g/mol. The summed E-state index contributed by atoms with van der Waals surface area (Å²) >= 11 is 1.51. The fourth-order valence-corrected chi connectivity index (χ4v) is 5.68. The van der Waals surface area contributed by atoms with Gasteiger partial charge in [-0.15, -0.1) is 11.3 Å². The highest BCUT2D eigenvalue weighted by Gasteiger charge is 2.35. The van der Waals surface area contributed by atoms with Crippen LogP contribution in [0.1, 0.15) is 47.3 Å². The molecule has 9 nitrogen and oxygen atoms in total. The number of benzene rings is 1. The van der Waals surface area contributed by atoms with Crippen LogP contribution in [-0.2, 0) is 27.1 Å². The Morgan fingerprint density at radius 3 is 2.56 bits per heavy atom. The summed E-state index contributed by atoms with van der Waals surface area (Å²) in [6, 6.07) is 10.3. The van der Waals surface area contributed by atoms with E-state index >= 15 is 0 Å². The second kappa shape index (κ2) is 10.8. The van der Waals surface area contributed by atoms with Crippen LogP contribution >= 0.6 is 11.3 Å². The third-order valence-electron chi connectivity index (χ3n) is 6.99. The van der Waals surface area contributed by atoms with E-state index in [4.69, 9.17) is 9.82 Å². The molecule has 1 unspecified atom stereocenters. The van der Waals surface area contributed by atoms with Crippen molar-refractivity contribution < 1.29 is 27.6 Å². The number of carbonyl (C=O) groups is 2. The number of anilines is 1. The molecule has 1 fully saturated rings. The number of aromatic nitrogens is 3. The van der Waals surface area contributed by atoms with E-state index in [-0.39, 0.29) is 30.0 Å². The number of para-hydroxylation sites is 1. The fourth-order valence-electron chi connectivity index (χ4n) is 4.68. The molecule has 206 valence electrons. The molecule has 5 rings (SSSR count). The molecular weight excluding hydrogens is 533 g/mol. The average Bonchev–Trinajstić information content (AvgIpc) is 3.68. The van der Waals surface area contributed by atoms with Gasteiger partial charge in [0.2, 0.25) is 12.0 Å². The summed E-state index contributed by atoms with van der Waals surface area (Å²) in [5, 5.41) is 10.5. The molecular formula is C26H27F3N6O3S. The predicted molar refractivity (Wildman–Crippen MR) is 139 cm³/mol. The van der Waals surface area contributed by atoms with Gasteiger partial charge in [0.15, 0.2) is 5.69 Å². The van der Waals surface area contributed by atoms with Crippen LogP contribution in [0.25, 0.3) is 0 Å². The van der Waals surface area contributed by atoms with E-state index < -0.39 is 18.0 Å². The number of nitrogens with zero attached hydrogens (tertiary/aromatic N) is 6. The minimum atomic E-state index is -4.55. The van der Waals surface area contributed by atoms with Crippen molar-refractivity contribution in [3.63, 3.8) is 0 Å². The lowest BCUT2D eigenvalue weighted by Gasteiger charge is -2.31. The van der Waals surface area contributed by atoms with Crippen LogP contribution in [0.15, 0.2) is 46.9 Å². The Hall–Kier alpha value is -3.74. The number of amides is 2. The first-order chi connectivity index (χ1) is 18.6. The standard InChI is InChI=1S/C26H27F3N6O3S/c1-16-12-22(26(27,28)29)31-35(16)14-23(36)34-10-8-17(9-11-34)24-30-20(15-39-24)19-13-21(38-32-19)25(37)33(2)18-6-4-3-5-7-18/h3-7,12,15,17,21H,8-11,13-14H2,1-2H3. The highest BCUT2D eigenvalue weighted by atomic mass is 32.1. The van der Waals surface area contributed by atoms with Gasteiger partial charge in [0.25, 0.3) is 5.91 Å². The Labute approximate surface area is 226 Å². The van der Waals surface area contributed by atoms with Crippen LogP contribution < -0.4 is 4.90 Å². The van der Waals surface area contributed by atoms with Crippen LogP contribution in [0.4, 0.5) is 18.9 Å². The number of halogens is 3. The maximum Gasteiger partial charge on any atom is 0.435 e. The Balaban J connectivity index is 1.13. The third kappa shape index (κ3) is 5.82. The van der Waals surface area contributed by atoms with Gasteiger partial charge >= 0.3 is 6.18 Å². The maximum atomic E-state index is 12.9. The number of carbonyl (C=O) groups excluding carboxylic acids is 2. The van der Waals surface area contributed by atoms with Gasteiger partial charge in [-0.3, -0.25) is 14.3 Å². The zero-order valence-corrected chi connectivity index (χ0v) is 22.2. The number of likely N-dealkylation sites (N-methyl/N-ethyl adjacent to an activating group) is 1. The molecule has 1 atom stereocenters. The Kier molecular flexibility index (Phi) is 7.43. The van der Waals surface area contributed by atoms with E-state index in [1.165, 1.54) is 18.3 Å². The van der Waals surface area contributed by atoms with Gasteiger partial charge in [0.1, 0.15) is 12.3 Å². The zero-order chi connectivity index (χ0) is 27.7. The molecule has 1 aromatic carbocycles. The van der Waals surface area contributed by atoms with Crippen LogP contribution in [0.3, 0.4) is 0 Å². The van der Waals surface area contributed by atoms with Gasteiger partial charge in [-0.25, -0.2) is 4.98 Å². The van der Waals surface area contributed by atoms with Crippen molar-refractivity contribution in [2.75, 3.05) is 25.0 Å². The molecule has 0 aliphatic carbocycles. The molecule has 4 heterocycles. The number of thiazole rings is 1. The fraction of sp³-hybridized carbons (Fsp3) is 0.423. The van der Waals surface area contributed by atoms with Crippen molar-refractivity contribution >= 4 is 34.6 Å². The van der Waals surface area contributed by atoms with E-state index in [1.807, 2.05) is 35.7 Å². The second-order valence-corrected chi connectivity index (χ2v) is 10.5. The summed E-state index contributed by atoms with van der Waals surface area (Å²) in [5.74, 6) is -0.296. The Morgan fingerprint density at radius 1 is 1.18 bits per heavy atom. The second-order valence-electron chi connectivity index (χ2n) is 9.62. The van der Waals surface area contributed by atoms with Crippen molar-refractivity contribution in [1.82, 2.24) is 19.7 Å². The summed E-state index contributed by atoms with van der Waals surface area (Å²) in [5.41, 5.74) is 1.36. The van der Waals surface area contributed by atoms with Gasteiger partial charge in [-0.2, -0.15) is 18.3 Å². The smallest absolute Gasteiger partial charge is 0.382 e. The number of aryl methyl sites for hydroxylation is 1. The molecule has 39 heavy (non-hydrogen) atoms. The maximum absolute atomic E-state index is 12.9. The first kappa shape index (κ1) is 26.9. The Morgan fingerprint density at radius 2 is 1.90 bits per heavy atom. The number of piperidine rings is 1. The zero-order valence-electron chi connectivity index (χ0n) is 21.4. The lowest BCUT2D eigenvalue weighted by molar-refractivity contribution is -0.142. The first-order valence-electron chi connectivity index (χ1n) is 12.5. The minimum absolute atomic E-state index is 0.153. The molecule has 2 aliphatic heterocycles. The quantitative estimate of drug-likeness (QED) is 0.450. The molecule has 2 amide bonds. The number of hydrogen-bond acceptors (Lipinski definition) is 7. The van der Waals surface area contributed by atoms with Crippen molar-refractivity contribution in [3.05, 3.63) is 63.9 Å². The Bertz CT molecular complexity index is 1380. The number of oxime groups is 1. The minimum Gasteiger partial charge on any atom is -0.382 e.